The average molecular weight is 249 g/mol. The van der Waals surface area contributed by atoms with Gasteiger partial charge in [-0.05, 0) is 34.5 Å². The summed E-state index contributed by atoms with van der Waals surface area (Å²) >= 11 is 5.07. The minimum Gasteiger partial charge on any atom is -0.330 e. The van der Waals surface area contributed by atoms with Crippen LogP contribution in [0.2, 0.25) is 0 Å². The van der Waals surface area contributed by atoms with Gasteiger partial charge in [0, 0.05) is 20.8 Å². The number of halogens is 1. The number of rotatable bonds is 3. The monoisotopic (exact) mass is 248 g/mol. The van der Waals surface area contributed by atoms with Crippen LogP contribution in [0.3, 0.4) is 0 Å². The Kier molecular flexibility index (Phi) is 3.71. The van der Waals surface area contributed by atoms with Crippen molar-refractivity contribution in [3.8, 4) is 0 Å². The Balaban J connectivity index is 2.70. The molecule has 0 spiro atoms. The lowest BCUT2D eigenvalue weighted by molar-refractivity contribution is 0.487. The Hall–Kier alpha value is 0.1000. The van der Waals surface area contributed by atoms with Crippen molar-refractivity contribution in [3.05, 3.63) is 20.8 Å². The van der Waals surface area contributed by atoms with E-state index in [-0.39, 0.29) is 6.04 Å². The van der Waals surface area contributed by atoms with E-state index in [9.17, 15) is 0 Å². The minimum atomic E-state index is 0.0753. The number of thiophene rings is 1. The van der Waals surface area contributed by atoms with Gasteiger partial charge in [-0.15, -0.1) is 11.3 Å². The first-order chi connectivity index (χ1) is 5.65. The zero-order valence-corrected chi connectivity index (χ0v) is 9.36. The van der Waals surface area contributed by atoms with E-state index in [1.165, 1.54) is 4.88 Å². The maximum atomic E-state index is 5.97. The Morgan fingerprint density at radius 2 is 2.33 bits per heavy atom. The lowest BCUT2D eigenvalue weighted by Crippen LogP contribution is -2.24. The van der Waals surface area contributed by atoms with E-state index in [2.05, 4.69) is 28.9 Å². The van der Waals surface area contributed by atoms with Crippen LogP contribution in [0.15, 0.2) is 15.9 Å². The molecule has 0 fully saturated rings. The standard InChI is InChI=1S/C8H13BrN2S/c1-5(3-10)8(11)7-2-6(9)4-12-7/h2,4-5,8H,3,10-11H2,1H3. The van der Waals surface area contributed by atoms with Crippen molar-refractivity contribution in [1.82, 2.24) is 0 Å². The van der Waals surface area contributed by atoms with Gasteiger partial charge in [-0.1, -0.05) is 6.92 Å². The molecule has 4 N–H and O–H groups in total. The highest BCUT2D eigenvalue weighted by Gasteiger charge is 2.14. The summed E-state index contributed by atoms with van der Waals surface area (Å²) in [5, 5.41) is 2.04. The molecule has 4 heteroatoms. The molecule has 0 aliphatic carbocycles. The van der Waals surface area contributed by atoms with Gasteiger partial charge in [0.05, 0.1) is 0 Å². The molecule has 0 saturated heterocycles. The molecule has 2 atom stereocenters. The largest absolute Gasteiger partial charge is 0.330 e. The third-order valence-electron chi connectivity index (χ3n) is 1.90. The maximum absolute atomic E-state index is 5.97. The fourth-order valence-corrected chi connectivity index (χ4v) is 2.51. The lowest BCUT2D eigenvalue weighted by atomic mass is 10.0. The molecule has 0 bridgehead atoms. The molecule has 1 rings (SSSR count). The first-order valence-electron chi connectivity index (χ1n) is 3.84. The zero-order chi connectivity index (χ0) is 9.14. The van der Waals surface area contributed by atoms with Gasteiger partial charge in [-0.2, -0.15) is 0 Å². The normalized spacial score (nSPS) is 16.0. The van der Waals surface area contributed by atoms with Crippen molar-refractivity contribution in [2.75, 3.05) is 6.54 Å². The molecule has 2 nitrogen and oxygen atoms in total. The highest BCUT2D eigenvalue weighted by molar-refractivity contribution is 9.10. The SMILES string of the molecule is CC(CN)C(N)c1cc(Br)cs1. The van der Waals surface area contributed by atoms with Crippen LogP contribution in [-0.2, 0) is 0 Å². The van der Waals surface area contributed by atoms with Gasteiger partial charge in [0.1, 0.15) is 0 Å². The Morgan fingerprint density at radius 1 is 1.67 bits per heavy atom. The van der Waals surface area contributed by atoms with Crippen LogP contribution in [0.25, 0.3) is 0 Å². The van der Waals surface area contributed by atoms with E-state index in [4.69, 9.17) is 11.5 Å². The van der Waals surface area contributed by atoms with Crippen molar-refractivity contribution >= 4 is 27.3 Å². The first kappa shape index (κ1) is 10.2. The van der Waals surface area contributed by atoms with Crippen molar-refractivity contribution < 1.29 is 0 Å². The maximum Gasteiger partial charge on any atom is 0.0428 e. The van der Waals surface area contributed by atoms with E-state index < -0.39 is 0 Å². The molecule has 2 unspecified atom stereocenters. The second-order valence-corrected chi connectivity index (χ2v) is 4.76. The second-order valence-electron chi connectivity index (χ2n) is 2.91. The van der Waals surface area contributed by atoms with Crippen molar-refractivity contribution in [2.45, 2.75) is 13.0 Å². The lowest BCUT2D eigenvalue weighted by Gasteiger charge is -2.15. The smallest absolute Gasteiger partial charge is 0.0428 e. The third-order valence-corrected chi connectivity index (χ3v) is 3.70. The van der Waals surface area contributed by atoms with E-state index in [1.807, 2.05) is 5.38 Å². The predicted molar refractivity (Wildman–Crippen MR) is 57.2 cm³/mol. The van der Waals surface area contributed by atoms with Gasteiger partial charge in [0.25, 0.3) is 0 Å². The molecule has 1 aromatic heterocycles. The summed E-state index contributed by atoms with van der Waals surface area (Å²) in [6.45, 7) is 2.70. The van der Waals surface area contributed by atoms with Crippen LogP contribution < -0.4 is 11.5 Å². The third kappa shape index (κ3) is 2.29. The van der Waals surface area contributed by atoms with Gasteiger partial charge < -0.3 is 11.5 Å². The van der Waals surface area contributed by atoms with Gasteiger partial charge >= 0.3 is 0 Å². The van der Waals surface area contributed by atoms with Crippen LogP contribution >= 0.6 is 27.3 Å². The molecular weight excluding hydrogens is 236 g/mol. The number of nitrogens with two attached hydrogens (primary N) is 2. The highest BCUT2D eigenvalue weighted by Crippen LogP contribution is 2.27. The molecule has 0 aliphatic rings. The summed E-state index contributed by atoms with van der Waals surface area (Å²) in [7, 11) is 0. The topological polar surface area (TPSA) is 52.0 Å². The molecule has 0 saturated carbocycles. The molecular formula is C8H13BrN2S. The summed E-state index contributed by atoms with van der Waals surface area (Å²) in [4.78, 5) is 1.19. The van der Waals surface area contributed by atoms with E-state index in [0.717, 1.165) is 4.47 Å². The highest BCUT2D eigenvalue weighted by atomic mass is 79.9. The van der Waals surface area contributed by atoms with Crippen molar-refractivity contribution in [1.29, 1.82) is 0 Å². The van der Waals surface area contributed by atoms with Crippen LogP contribution in [0.4, 0.5) is 0 Å². The number of hydrogen-bond donors (Lipinski definition) is 2. The predicted octanol–water partition coefficient (Wildman–Crippen LogP) is 2.11. The summed E-state index contributed by atoms with van der Waals surface area (Å²) in [5.74, 6) is 0.343. The summed E-state index contributed by atoms with van der Waals surface area (Å²) in [6.07, 6.45) is 0. The fraction of sp³-hybridized carbons (Fsp3) is 0.500. The summed E-state index contributed by atoms with van der Waals surface area (Å²) < 4.78 is 1.10. The quantitative estimate of drug-likeness (QED) is 0.861. The van der Waals surface area contributed by atoms with Gasteiger partial charge in [-0.25, -0.2) is 0 Å². The Labute approximate surface area is 85.1 Å². The molecule has 12 heavy (non-hydrogen) atoms. The number of hydrogen-bond acceptors (Lipinski definition) is 3. The van der Waals surface area contributed by atoms with Crippen LogP contribution in [0, 0.1) is 5.92 Å². The molecule has 1 heterocycles. The van der Waals surface area contributed by atoms with Gasteiger partial charge in [0.15, 0.2) is 0 Å². The summed E-state index contributed by atoms with van der Waals surface area (Å²) in [5.41, 5.74) is 11.5. The van der Waals surface area contributed by atoms with Crippen molar-refractivity contribution in [2.24, 2.45) is 17.4 Å². The van der Waals surface area contributed by atoms with E-state index in [0.29, 0.717) is 12.5 Å². The second kappa shape index (κ2) is 4.37. The van der Waals surface area contributed by atoms with Crippen LogP contribution in [-0.4, -0.2) is 6.54 Å². The van der Waals surface area contributed by atoms with Crippen LogP contribution in [0.5, 0.6) is 0 Å². The molecule has 0 amide bonds. The molecule has 1 aromatic rings. The molecule has 0 aromatic carbocycles. The van der Waals surface area contributed by atoms with Crippen molar-refractivity contribution in [3.63, 3.8) is 0 Å². The Bertz CT molecular complexity index is 249. The van der Waals surface area contributed by atoms with Gasteiger partial charge in [-0.3, -0.25) is 0 Å². The molecule has 0 aliphatic heterocycles. The fourth-order valence-electron chi connectivity index (χ4n) is 0.930. The zero-order valence-electron chi connectivity index (χ0n) is 6.96. The molecule has 0 radical (unpaired) electrons. The van der Waals surface area contributed by atoms with E-state index >= 15 is 0 Å². The molecule has 68 valence electrons. The summed E-state index contributed by atoms with van der Waals surface area (Å²) in [6, 6.07) is 2.13. The Morgan fingerprint density at radius 3 is 2.75 bits per heavy atom. The average Bonchev–Trinajstić information content (AvgIpc) is 2.49. The minimum absolute atomic E-state index is 0.0753. The van der Waals surface area contributed by atoms with Gasteiger partial charge in [0.2, 0.25) is 0 Å². The van der Waals surface area contributed by atoms with E-state index in [1.54, 1.807) is 11.3 Å². The first-order valence-corrected chi connectivity index (χ1v) is 5.52. The van der Waals surface area contributed by atoms with Crippen LogP contribution in [0.1, 0.15) is 17.8 Å².